The first kappa shape index (κ1) is 13.3. The van der Waals surface area contributed by atoms with Crippen LogP contribution in [-0.2, 0) is 0 Å². The first-order chi connectivity index (χ1) is 10.2. The Hall–Kier alpha value is -2.68. The zero-order valence-corrected chi connectivity index (χ0v) is 11.5. The van der Waals surface area contributed by atoms with Crippen molar-refractivity contribution in [1.82, 2.24) is 9.59 Å². The number of carbonyl (C=O) groups excluding carboxylic acids is 1. The van der Waals surface area contributed by atoms with Crippen LogP contribution < -0.4 is 15.0 Å². The number of hydrogen-bond acceptors (Lipinski definition) is 6. The monoisotopic (exact) mass is 306 g/mol. The Balaban J connectivity index is 1.92. The van der Waals surface area contributed by atoms with Gasteiger partial charge >= 0.3 is 12.0 Å². The Bertz CT molecular complexity index is 689. The number of urea groups is 1. The number of nitrogens with one attached hydrogen (secondary N) is 1. The molecule has 9 heteroatoms. The van der Waals surface area contributed by atoms with Gasteiger partial charge in [-0.25, -0.2) is 9.59 Å². The van der Waals surface area contributed by atoms with Gasteiger partial charge in [-0.3, -0.25) is 10.2 Å². The van der Waals surface area contributed by atoms with Crippen LogP contribution in [0.15, 0.2) is 24.4 Å². The molecule has 0 bridgehead atoms. The third-order valence-electron chi connectivity index (χ3n) is 2.91. The summed E-state index contributed by atoms with van der Waals surface area (Å²) in [5.74, 6) is -0.894. The highest BCUT2D eigenvalue weighted by Crippen LogP contribution is 2.35. The van der Waals surface area contributed by atoms with E-state index in [-0.39, 0.29) is 24.0 Å². The summed E-state index contributed by atoms with van der Waals surface area (Å²) < 4.78 is 9.06. The lowest BCUT2D eigenvalue weighted by atomic mass is 10.1. The van der Waals surface area contributed by atoms with Crippen LogP contribution in [0.25, 0.3) is 0 Å². The standard InChI is InChI=1S/C12H10N4O4S/c17-11(18)7-2-1-3-8-10(7)20-5-4-16(8)12(19)14-9-6-13-15-21-9/h1-3,6H,4-5H2,(H,14,19)(H,17,18). The molecule has 1 aliphatic rings. The Morgan fingerprint density at radius 3 is 3.00 bits per heavy atom. The van der Waals surface area contributed by atoms with Crippen molar-refractivity contribution in [3.05, 3.63) is 30.0 Å². The number of fused-ring (bicyclic) bond motifs is 1. The molecule has 1 aromatic carbocycles. The summed E-state index contributed by atoms with van der Waals surface area (Å²) in [5.41, 5.74) is 0.459. The molecule has 0 saturated carbocycles. The largest absolute Gasteiger partial charge is 0.489 e. The molecule has 2 heterocycles. The van der Waals surface area contributed by atoms with Crippen LogP contribution in [0.1, 0.15) is 10.4 Å². The van der Waals surface area contributed by atoms with E-state index >= 15 is 0 Å². The van der Waals surface area contributed by atoms with Crippen molar-refractivity contribution >= 4 is 34.2 Å². The summed E-state index contributed by atoms with van der Waals surface area (Å²) >= 11 is 1.06. The highest BCUT2D eigenvalue weighted by atomic mass is 32.1. The number of carboxylic acid groups (broad SMARTS) is 1. The lowest BCUT2D eigenvalue weighted by molar-refractivity contribution is 0.0692. The Morgan fingerprint density at radius 2 is 2.29 bits per heavy atom. The lowest BCUT2D eigenvalue weighted by Gasteiger charge is -2.30. The molecule has 0 aliphatic carbocycles. The number of carboxylic acids is 1. The van der Waals surface area contributed by atoms with Gasteiger partial charge in [0.05, 0.1) is 18.4 Å². The van der Waals surface area contributed by atoms with E-state index in [4.69, 9.17) is 9.84 Å². The Morgan fingerprint density at radius 1 is 1.43 bits per heavy atom. The number of anilines is 2. The van der Waals surface area contributed by atoms with Gasteiger partial charge in [0.1, 0.15) is 17.2 Å². The molecule has 2 aromatic rings. The van der Waals surface area contributed by atoms with Gasteiger partial charge in [-0.15, -0.1) is 5.10 Å². The van der Waals surface area contributed by atoms with Crippen LogP contribution in [0.5, 0.6) is 5.75 Å². The van der Waals surface area contributed by atoms with Gasteiger partial charge in [0.15, 0.2) is 5.75 Å². The molecular weight excluding hydrogens is 296 g/mol. The van der Waals surface area contributed by atoms with Crippen molar-refractivity contribution in [2.75, 3.05) is 23.4 Å². The molecule has 0 radical (unpaired) electrons. The minimum absolute atomic E-state index is 0.0319. The van der Waals surface area contributed by atoms with Crippen LogP contribution in [0.3, 0.4) is 0 Å². The zero-order valence-electron chi connectivity index (χ0n) is 10.6. The zero-order chi connectivity index (χ0) is 14.8. The predicted molar refractivity (Wildman–Crippen MR) is 75.2 cm³/mol. The fourth-order valence-electron chi connectivity index (χ4n) is 2.02. The van der Waals surface area contributed by atoms with Gasteiger partial charge in [-0.05, 0) is 12.1 Å². The van der Waals surface area contributed by atoms with Crippen molar-refractivity contribution in [2.45, 2.75) is 0 Å². The summed E-state index contributed by atoms with van der Waals surface area (Å²) in [4.78, 5) is 24.9. The third-order valence-corrected chi connectivity index (χ3v) is 3.49. The highest BCUT2D eigenvalue weighted by molar-refractivity contribution is 7.10. The molecule has 2 N–H and O–H groups in total. The fraction of sp³-hybridized carbons (Fsp3) is 0.167. The minimum atomic E-state index is -1.10. The average Bonchev–Trinajstić information content (AvgIpc) is 2.98. The number of benzene rings is 1. The van der Waals surface area contributed by atoms with E-state index in [0.29, 0.717) is 17.2 Å². The lowest BCUT2D eigenvalue weighted by Crippen LogP contribution is -2.41. The maximum Gasteiger partial charge on any atom is 0.339 e. The first-order valence-corrected chi connectivity index (χ1v) is 6.79. The number of amides is 2. The molecule has 21 heavy (non-hydrogen) atoms. The van der Waals surface area contributed by atoms with Gasteiger partial charge in [0.25, 0.3) is 0 Å². The molecule has 0 atom stereocenters. The number of ether oxygens (including phenoxy) is 1. The van der Waals surface area contributed by atoms with E-state index in [0.717, 1.165) is 11.5 Å². The molecule has 3 rings (SSSR count). The van der Waals surface area contributed by atoms with Crippen molar-refractivity contribution in [3.63, 3.8) is 0 Å². The van der Waals surface area contributed by atoms with Crippen molar-refractivity contribution in [2.24, 2.45) is 0 Å². The average molecular weight is 306 g/mol. The van der Waals surface area contributed by atoms with Crippen LogP contribution in [0, 0.1) is 0 Å². The number of para-hydroxylation sites is 1. The quantitative estimate of drug-likeness (QED) is 0.874. The van der Waals surface area contributed by atoms with Crippen molar-refractivity contribution in [1.29, 1.82) is 0 Å². The second kappa shape index (κ2) is 5.37. The number of hydrogen-bond donors (Lipinski definition) is 2. The summed E-state index contributed by atoms with van der Waals surface area (Å²) in [6.45, 7) is 0.555. The van der Waals surface area contributed by atoms with E-state index in [1.165, 1.54) is 17.2 Å². The van der Waals surface area contributed by atoms with Crippen molar-refractivity contribution in [3.8, 4) is 5.75 Å². The molecule has 1 aromatic heterocycles. The van der Waals surface area contributed by atoms with E-state index in [1.54, 1.807) is 12.1 Å². The molecule has 8 nitrogen and oxygen atoms in total. The number of rotatable bonds is 2. The molecular formula is C12H10N4O4S. The third kappa shape index (κ3) is 2.50. The summed E-state index contributed by atoms with van der Waals surface area (Å²) in [5, 5.41) is 16.0. The van der Waals surface area contributed by atoms with Crippen molar-refractivity contribution < 1.29 is 19.4 Å². The first-order valence-electron chi connectivity index (χ1n) is 6.02. The number of aromatic carboxylic acids is 1. The normalized spacial score (nSPS) is 13.2. The smallest absolute Gasteiger partial charge is 0.339 e. The van der Waals surface area contributed by atoms with E-state index in [2.05, 4.69) is 14.9 Å². The summed E-state index contributed by atoms with van der Waals surface area (Å²) in [6, 6.07) is 4.28. The molecule has 0 saturated heterocycles. The van der Waals surface area contributed by atoms with E-state index in [9.17, 15) is 9.59 Å². The molecule has 0 fully saturated rings. The second-order valence-electron chi connectivity index (χ2n) is 4.17. The van der Waals surface area contributed by atoms with Gasteiger partial charge in [0.2, 0.25) is 0 Å². The minimum Gasteiger partial charge on any atom is -0.489 e. The Kier molecular flexibility index (Phi) is 3.40. The van der Waals surface area contributed by atoms with Gasteiger partial charge in [-0.1, -0.05) is 10.6 Å². The maximum absolute atomic E-state index is 12.3. The topological polar surface area (TPSA) is 105 Å². The van der Waals surface area contributed by atoms with E-state index in [1.807, 2.05) is 0 Å². The number of carbonyl (C=O) groups is 2. The van der Waals surface area contributed by atoms with Crippen LogP contribution >= 0.6 is 11.5 Å². The summed E-state index contributed by atoms with van der Waals surface area (Å²) in [7, 11) is 0. The van der Waals surface area contributed by atoms with Gasteiger partial charge in [0, 0.05) is 11.5 Å². The molecule has 0 spiro atoms. The fourth-order valence-corrected chi connectivity index (χ4v) is 2.43. The molecule has 0 unspecified atom stereocenters. The Labute approximate surface area is 123 Å². The molecule has 2 amide bonds. The van der Waals surface area contributed by atoms with Gasteiger partial charge < -0.3 is 9.84 Å². The number of aromatic nitrogens is 2. The van der Waals surface area contributed by atoms with Crippen LogP contribution in [-0.4, -0.2) is 39.8 Å². The van der Waals surface area contributed by atoms with Crippen LogP contribution in [0.4, 0.5) is 15.5 Å². The van der Waals surface area contributed by atoms with E-state index < -0.39 is 5.97 Å². The maximum atomic E-state index is 12.3. The second-order valence-corrected chi connectivity index (χ2v) is 4.96. The highest BCUT2D eigenvalue weighted by Gasteiger charge is 2.27. The molecule has 1 aliphatic heterocycles. The summed E-state index contributed by atoms with van der Waals surface area (Å²) in [6.07, 6.45) is 1.44. The SMILES string of the molecule is O=C(O)c1cccc2c1OCCN2C(=O)Nc1cnns1. The van der Waals surface area contributed by atoms with Gasteiger partial charge in [-0.2, -0.15) is 0 Å². The number of nitrogens with zero attached hydrogens (tertiary/aromatic N) is 3. The van der Waals surface area contributed by atoms with Crippen LogP contribution in [0.2, 0.25) is 0 Å². The predicted octanol–water partition coefficient (Wildman–Crippen LogP) is 1.67. The molecule has 108 valence electrons.